The van der Waals surface area contributed by atoms with E-state index in [2.05, 4.69) is 42.7 Å². The van der Waals surface area contributed by atoms with Gasteiger partial charge < -0.3 is 10.6 Å². The van der Waals surface area contributed by atoms with Crippen LogP contribution >= 0.6 is 0 Å². The van der Waals surface area contributed by atoms with Crippen molar-refractivity contribution in [1.82, 2.24) is 5.32 Å². The van der Waals surface area contributed by atoms with Gasteiger partial charge in [0.2, 0.25) is 5.91 Å². The Morgan fingerprint density at radius 3 is 2.67 bits per heavy atom. The fourth-order valence-electron chi connectivity index (χ4n) is 3.48. The van der Waals surface area contributed by atoms with Gasteiger partial charge in [-0.3, -0.25) is 4.79 Å². The Balaban J connectivity index is 1.55. The zero-order valence-corrected chi connectivity index (χ0v) is 13.1. The zero-order valence-electron chi connectivity index (χ0n) is 13.1. The Hall–Kier alpha value is -1.51. The van der Waals surface area contributed by atoms with Gasteiger partial charge in [0, 0.05) is 11.7 Å². The number of hydrogen-bond acceptors (Lipinski definition) is 2. The molecule has 1 aliphatic carbocycles. The molecule has 2 aliphatic rings. The molecule has 1 amide bonds. The minimum atomic E-state index is -0.0742. The lowest BCUT2D eigenvalue weighted by Gasteiger charge is -2.35. The molecule has 114 valence electrons. The summed E-state index contributed by atoms with van der Waals surface area (Å²) >= 11 is 0. The van der Waals surface area contributed by atoms with Crippen LogP contribution in [0.1, 0.15) is 51.5 Å². The summed E-state index contributed by atoms with van der Waals surface area (Å²) in [4.78, 5) is 12.5. The fourth-order valence-corrected chi connectivity index (χ4v) is 3.48. The van der Waals surface area contributed by atoms with Crippen molar-refractivity contribution in [3.05, 3.63) is 29.8 Å². The number of aryl methyl sites for hydroxylation is 1. The molecule has 0 bridgehead atoms. The zero-order chi connectivity index (χ0) is 14.9. The highest BCUT2D eigenvalue weighted by Gasteiger charge is 2.30. The molecule has 1 fully saturated rings. The highest BCUT2D eigenvalue weighted by molar-refractivity contribution is 5.85. The van der Waals surface area contributed by atoms with Crippen LogP contribution in [0.4, 0.5) is 5.69 Å². The second kappa shape index (κ2) is 5.70. The molecule has 3 rings (SSSR count). The van der Waals surface area contributed by atoms with Gasteiger partial charge >= 0.3 is 0 Å². The quantitative estimate of drug-likeness (QED) is 0.873. The van der Waals surface area contributed by atoms with Crippen LogP contribution in [0.2, 0.25) is 0 Å². The van der Waals surface area contributed by atoms with Gasteiger partial charge in [0.1, 0.15) is 6.04 Å². The number of fused-ring (bicyclic) bond motifs is 1. The SMILES string of the molecule is CC1(C)CCC(NC(=O)C2CCc3ccccc3N2)CC1. The van der Waals surface area contributed by atoms with Crippen molar-refractivity contribution in [3.63, 3.8) is 0 Å². The van der Waals surface area contributed by atoms with E-state index in [-0.39, 0.29) is 11.9 Å². The van der Waals surface area contributed by atoms with Crippen LogP contribution in [0.3, 0.4) is 0 Å². The average Bonchev–Trinajstić information content (AvgIpc) is 2.49. The molecule has 1 heterocycles. The standard InChI is InChI=1S/C18H26N2O/c1-18(2)11-9-14(10-12-18)19-17(21)16-8-7-13-5-3-4-6-15(13)20-16/h3-6,14,16,20H,7-12H2,1-2H3,(H,19,21). The van der Waals surface area contributed by atoms with Crippen LogP contribution in [0, 0.1) is 5.41 Å². The Bertz CT molecular complexity index is 514. The molecule has 1 saturated carbocycles. The van der Waals surface area contributed by atoms with E-state index in [1.54, 1.807) is 0 Å². The lowest BCUT2D eigenvalue weighted by atomic mass is 9.75. The van der Waals surface area contributed by atoms with Crippen molar-refractivity contribution in [3.8, 4) is 0 Å². The molecule has 1 aromatic carbocycles. The number of nitrogens with one attached hydrogen (secondary N) is 2. The van der Waals surface area contributed by atoms with Gasteiger partial charge in [-0.2, -0.15) is 0 Å². The summed E-state index contributed by atoms with van der Waals surface area (Å²) in [6, 6.07) is 8.58. The summed E-state index contributed by atoms with van der Waals surface area (Å²) in [5, 5.41) is 6.65. The first-order chi connectivity index (χ1) is 10.0. The second-order valence-electron chi connectivity index (χ2n) is 7.34. The van der Waals surface area contributed by atoms with Crippen molar-refractivity contribution in [2.75, 3.05) is 5.32 Å². The third-order valence-corrected chi connectivity index (χ3v) is 5.05. The van der Waals surface area contributed by atoms with E-state index in [0.717, 1.165) is 31.4 Å². The maximum Gasteiger partial charge on any atom is 0.242 e. The molecule has 3 nitrogen and oxygen atoms in total. The fraction of sp³-hybridized carbons (Fsp3) is 0.611. The first kappa shape index (κ1) is 14.4. The van der Waals surface area contributed by atoms with Crippen LogP contribution in [0.25, 0.3) is 0 Å². The number of rotatable bonds is 2. The molecule has 0 radical (unpaired) electrons. The summed E-state index contributed by atoms with van der Waals surface area (Å²) < 4.78 is 0. The Morgan fingerprint density at radius 1 is 1.19 bits per heavy atom. The van der Waals surface area contributed by atoms with Crippen molar-refractivity contribution < 1.29 is 4.79 Å². The summed E-state index contributed by atoms with van der Waals surface area (Å²) in [5.74, 6) is 0.175. The highest BCUT2D eigenvalue weighted by Crippen LogP contribution is 2.35. The monoisotopic (exact) mass is 286 g/mol. The molecule has 3 heteroatoms. The van der Waals surface area contributed by atoms with Crippen molar-refractivity contribution >= 4 is 11.6 Å². The molecule has 0 spiro atoms. The van der Waals surface area contributed by atoms with Crippen molar-refractivity contribution in [2.45, 2.75) is 64.5 Å². The number of carbonyl (C=O) groups excluding carboxylic acids is 1. The molecule has 1 aromatic rings. The summed E-state index contributed by atoms with van der Waals surface area (Å²) in [7, 11) is 0. The predicted octanol–water partition coefficient (Wildman–Crippen LogP) is 3.50. The number of benzene rings is 1. The van der Waals surface area contributed by atoms with Gasteiger partial charge in [0.25, 0.3) is 0 Å². The van der Waals surface area contributed by atoms with Crippen LogP contribution in [-0.2, 0) is 11.2 Å². The Morgan fingerprint density at radius 2 is 1.90 bits per heavy atom. The number of amides is 1. The molecule has 21 heavy (non-hydrogen) atoms. The number of anilines is 1. The van der Waals surface area contributed by atoms with Gasteiger partial charge in [-0.1, -0.05) is 32.0 Å². The van der Waals surface area contributed by atoms with E-state index in [0.29, 0.717) is 11.5 Å². The van der Waals surface area contributed by atoms with Gasteiger partial charge in [-0.25, -0.2) is 0 Å². The van der Waals surface area contributed by atoms with Crippen LogP contribution < -0.4 is 10.6 Å². The summed E-state index contributed by atoms with van der Waals surface area (Å²) in [6.07, 6.45) is 6.52. The van der Waals surface area contributed by atoms with Crippen molar-refractivity contribution in [1.29, 1.82) is 0 Å². The molecule has 0 aromatic heterocycles. The molecule has 1 aliphatic heterocycles. The van der Waals surface area contributed by atoms with E-state index in [9.17, 15) is 4.79 Å². The van der Waals surface area contributed by atoms with Crippen LogP contribution in [0.15, 0.2) is 24.3 Å². The summed E-state index contributed by atoms with van der Waals surface area (Å²) in [5.41, 5.74) is 2.89. The second-order valence-corrected chi connectivity index (χ2v) is 7.34. The van der Waals surface area contributed by atoms with Gasteiger partial charge in [-0.05, 0) is 55.6 Å². The number of hydrogen-bond donors (Lipinski definition) is 2. The molecular weight excluding hydrogens is 260 g/mol. The number of para-hydroxylation sites is 1. The topological polar surface area (TPSA) is 41.1 Å². The molecule has 1 unspecified atom stereocenters. The minimum absolute atomic E-state index is 0.0742. The maximum absolute atomic E-state index is 12.5. The lowest BCUT2D eigenvalue weighted by molar-refractivity contribution is -0.123. The number of carbonyl (C=O) groups is 1. The van der Waals surface area contributed by atoms with Gasteiger partial charge in [-0.15, -0.1) is 0 Å². The lowest BCUT2D eigenvalue weighted by Crippen LogP contribution is -2.47. The van der Waals surface area contributed by atoms with Crippen LogP contribution in [0.5, 0.6) is 0 Å². The third kappa shape index (κ3) is 3.39. The highest BCUT2D eigenvalue weighted by atomic mass is 16.2. The average molecular weight is 286 g/mol. The molecule has 0 saturated heterocycles. The van der Waals surface area contributed by atoms with E-state index >= 15 is 0 Å². The summed E-state index contributed by atoms with van der Waals surface area (Å²) in [6.45, 7) is 4.65. The Kier molecular flexibility index (Phi) is 3.92. The molecule has 2 N–H and O–H groups in total. The molecule has 1 atom stereocenters. The molecular formula is C18H26N2O. The maximum atomic E-state index is 12.5. The van der Waals surface area contributed by atoms with E-state index < -0.39 is 0 Å². The normalized spacial score (nSPS) is 24.8. The predicted molar refractivity (Wildman–Crippen MR) is 86.4 cm³/mol. The first-order valence-corrected chi connectivity index (χ1v) is 8.18. The van der Waals surface area contributed by atoms with Gasteiger partial charge in [0.05, 0.1) is 0 Å². The largest absolute Gasteiger partial charge is 0.373 e. The van der Waals surface area contributed by atoms with Crippen LogP contribution in [-0.4, -0.2) is 18.0 Å². The smallest absolute Gasteiger partial charge is 0.242 e. The van der Waals surface area contributed by atoms with E-state index in [4.69, 9.17) is 0 Å². The minimum Gasteiger partial charge on any atom is -0.373 e. The van der Waals surface area contributed by atoms with E-state index in [1.807, 2.05) is 6.07 Å². The Labute approximate surface area is 127 Å². The van der Waals surface area contributed by atoms with E-state index in [1.165, 1.54) is 18.4 Å². The first-order valence-electron chi connectivity index (χ1n) is 8.18. The van der Waals surface area contributed by atoms with Gasteiger partial charge in [0.15, 0.2) is 0 Å². The third-order valence-electron chi connectivity index (χ3n) is 5.05. The van der Waals surface area contributed by atoms with Crippen molar-refractivity contribution in [2.24, 2.45) is 5.41 Å².